The molecule has 2 heterocycles. The fourth-order valence-electron chi connectivity index (χ4n) is 3.56. The number of anilines is 1. The lowest BCUT2D eigenvalue weighted by Crippen LogP contribution is -2.56. The first kappa shape index (κ1) is 22.3. The Balaban J connectivity index is 1.73. The second kappa shape index (κ2) is 8.40. The number of hydrogen-bond acceptors (Lipinski definition) is 4. The first-order chi connectivity index (χ1) is 14.0. The Hall–Kier alpha value is -2.37. The van der Waals surface area contributed by atoms with E-state index >= 15 is 0 Å². The lowest BCUT2D eigenvalue weighted by Gasteiger charge is -2.39. The number of likely N-dealkylation sites (tertiary alicyclic amines) is 1. The SMILES string of the molecule is O=C(Nc1ccc(F)c(C(F)(F)F)c1)[C@@H]1CCCCN1C(=O)N1CCS(=O)(=O)CC1. The van der Waals surface area contributed by atoms with Crippen molar-refractivity contribution in [2.45, 2.75) is 31.5 Å². The Bertz CT molecular complexity index is 922. The predicted molar refractivity (Wildman–Crippen MR) is 100.0 cm³/mol. The van der Waals surface area contributed by atoms with Crippen LogP contribution in [-0.4, -0.2) is 67.3 Å². The first-order valence-corrected chi connectivity index (χ1v) is 11.2. The molecule has 0 unspecified atom stereocenters. The molecule has 1 N–H and O–H groups in total. The number of urea groups is 1. The van der Waals surface area contributed by atoms with Crippen LogP contribution in [0.3, 0.4) is 0 Å². The number of carbonyl (C=O) groups excluding carboxylic acids is 2. The first-order valence-electron chi connectivity index (χ1n) is 9.41. The molecule has 12 heteroatoms. The van der Waals surface area contributed by atoms with Crippen molar-refractivity contribution in [3.8, 4) is 0 Å². The molecule has 2 saturated heterocycles. The highest BCUT2D eigenvalue weighted by Crippen LogP contribution is 2.33. The van der Waals surface area contributed by atoms with Gasteiger partial charge in [-0.2, -0.15) is 13.2 Å². The lowest BCUT2D eigenvalue weighted by atomic mass is 10.0. The molecule has 1 aromatic carbocycles. The summed E-state index contributed by atoms with van der Waals surface area (Å²) in [5.74, 6) is -2.43. The molecule has 0 aromatic heterocycles. The molecule has 0 bridgehead atoms. The van der Waals surface area contributed by atoms with Gasteiger partial charge in [-0.3, -0.25) is 4.79 Å². The summed E-state index contributed by atoms with van der Waals surface area (Å²) in [6, 6.07) is 0.769. The van der Waals surface area contributed by atoms with Gasteiger partial charge >= 0.3 is 12.2 Å². The third-order valence-electron chi connectivity index (χ3n) is 5.21. The minimum absolute atomic E-state index is 0.0267. The van der Waals surface area contributed by atoms with E-state index in [4.69, 9.17) is 0 Å². The Kier molecular flexibility index (Phi) is 6.25. The molecule has 30 heavy (non-hydrogen) atoms. The number of amides is 3. The number of benzene rings is 1. The maximum atomic E-state index is 13.5. The van der Waals surface area contributed by atoms with Gasteiger partial charge in [-0.15, -0.1) is 0 Å². The predicted octanol–water partition coefficient (Wildman–Crippen LogP) is 2.49. The second-order valence-electron chi connectivity index (χ2n) is 7.31. The second-order valence-corrected chi connectivity index (χ2v) is 9.61. The number of piperidine rings is 1. The topological polar surface area (TPSA) is 86.8 Å². The summed E-state index contributed by atoms with van der Waals surface area (Å²) in [5, 5.41) is 2.34. The Morgan fingerprint density at radius 1 is 1.07 bits per heavy atom. The van der Waals surface area contributed by atoms with Gasteiger partial charge in [-0.1, -0.05) is 0 Å². The van der Waals surface area contributed by atoms with E-state index in [9.17, 15) is 35.6 Å². The molecular weight excluding hydrogens is 430 g/mol. The summed E-state index contributed by atoms with van der Waals surface area (Å²) in [6.07, 6.45) is -3.30. The fraction of sp³-hybridized carbons (Fsp3) is 0.556. The average Bonchev–Trinajstić information content (AvgIpc) is 2.68. The smallest absolute Gasteiger partial charge is 0.324 e. The number of nitrogens with zero attached hydrogens (tertiary/aromatic N) is 2. The van der Waals surface area contributed by atoms with Crippen molar-refractivity contribution in [2.24, 2.45) is 0 Å². The van der Waals surface area contributed by atoms with Gasteiger partial charge in [0.25, 0.3) is 0 Å². The zero-order chi connectivity index (χ0) is 22.1. The fourth-order valence-corrected chi connectivity index (χ4v) is 4.77. The molecule has 0 saturated carbocycles. The number of carbonyl (C=O) groups is 2. The van der Waals surface area contributed by atoms with Crippen molar-refractivity contribution in [3.05, 3.63) is 29.6 Å². The van der Waals surface area contributed by atoms with Gasteiger partial charge in [0.2, 0.25) is 5.91 Å². The third-order valence-corrected chi connectivity index (χ3v) is 6.81. The summed E-state index contributed by atoms with van der Waals surface area (Å²) in [4.78, 5) is 28.3. The van der Waals surface area contributed by atoms with E-state index in [-0.39, 0.29) is 36.8 Å². The molecule has 3 rings (SSSR count). The molecule has 166 valence electrons. The van der Waals surface area contributed by atoms with Gasteiger partial charge in [0.05, 0.1) is 17.1 Å². The van der Waals surface area contributed by atoms with Crippen molar-refractivity contribution in [2.75, 3.05) is 36.5 Å². The normalized spacial score (nSPS) is 21.9. The highest BCUT2D eigenvalue weighted by molar-refractivity contribution is 7.91. The van der Waals surface area contributed by atoms with Crippen LogP contribution >= 0.6 is 0 Å². The summed E-state index contributed by atoms with van der Waals surface area (Å²) < 4.78 is 75.3. The van der Waals surface area contributed by atoms with Crippen molar-refractivity contribution >= 4 is 27.5 Å². The van der Waals surface area contributed by atoms with E-state index in [0.29, 0.717) is 31.4 Å². The summed E-state index contributed by atoms with van der Waals surface area (Å²) in [6.45, 7) is 0.329. The van der Waals surface area contributed by atoms with Crippen LogP contribution in [0, 0.1) is 5.82 Å². The highest BCUT2D eigenvalue weighted by atomic mass is 32.2. The number of nitrogens with one attached hydrogen (secondary N) is 1. The van der Waals surface area contributed by atoms with Crippen LogP contribution in [0.4, 0.5) is 28.0 Å². The van der Waals surface area contributed by atoms with Crippen molar-refractivity contribution in [1.29, 1.82) is 0 Å². The van der Waals surface area contributed by atoms with Gasteiger partial charge < -0.3 is 15.1 Å². The van der Waals surface area contributed by atoms with E-state index in [1.165, 1.54) is 9.80 Å². The minimum Gasteiger partial charge on any atom is -0.324 e. The minimum atomic E-state index is -4.91. The summed E-state index contributed by atoms with van der Waals surface area (Å²) in [5.41, 5.74) is -1.72. The van der Waals surface area contributed by atoms with E-state index in [2.05, 4.69) is 5.32 Å². The quantitative estimate of drug-likeness (QED) is 0.700. The summed E-state index contributed by atoms with van der Waals surface area (Å²) >= 11 is 0. The van der Waals surface area contributed by atoms with Crippen LogP contribution in [-0.2, 0) is 20.8 Å². The molecule has 2 fully saturated rings. The number of sulfone groups is 1. The molecule has 1 aromatic rings. The van der Waals surface area contributed by atoms with Crippen molar-refractivity contribution in [3.63, 3.8) is 0 Å². The molecular formula is C18H21F4N3O4S. The van der Waals surface area contributed by atoms with Crippen molar-refractivity contribution in [1.82, 2.24) is 9.80 Å². The van der Waals surface area contributed by atoms with Crippen LogP contribution in [0.5, 0.6) is 0 Å². The van der Waals surface area contributed by atoms with Gasteiger partial charge in [-0.25, -0.2) is 17.6 Å². The number of alkyl halides is 3. The maximum Gasteiger partial charge on any atom is 0.419 e. The zero-order valence-corrected chi connectivity index (χ0v) is 16.7. The monoisotopic (exact) mass is 451 g/mol. The third kappa shape index (κ3) is 5.02. The van der Waals surface area contributed by atoms with E-state index in [0.717, 1.165) is 6.07 Å². The zero-order valence-electron chi connectivity index (χ0n) is 15.9. The highest BCUT2D eigenvalue weighted by Gasteiger charge is 2.37. The molecule has 2 aliphatic heterocycles. The standard InChI is InChI=1S/C18H21F4N3O4S/c19-14-5-4-12(11-13(14)18(20,21)22)23-16(26)15-3-1-2-6-25(15)17(27)24-7-9-30(28,29)10-8-24/h4-5,11,15H,1-3,6-10H2,(H,23,26)/t15-/m0/s1. The van der Waals surface area contributed by atoms with Crippen LogP contribution in [0.2, 0.25) is 0 Å². The van der Waals surface area contributed by atoms with E-state index < -0.39 is 45.4 Å². The molecule has 7 nitrogen and oxygen atoms in total. The van der Waals surface area contributed by atoms with Gasteiger partial charge in [0.15, 0.2) is 9.84 Å². The van der Waals surface area contributed by atoms with Gasteiger partial charge in [0.1, 0.15) is 11.9 Å². The molecule has 2 aliphatic rings. The van der Waals surface area contributed by atoms with E-state index in [1.807, 2.05) is 0 Å². The van der Waals surface area contributed by atoms with Crippen LogP contribution in [0.1, 0.15) is 24.8 Å². The Morgan fingerprint density at radius 3 is 2.37 bits per heavy atom. The molecule has 3 amide bonds. The van der Waals surface area contributed by atoms with Gasteiger partial charge in [-0.05, 0) is 37.5 Å². The Labute approximate surface area is 170 Å². The van der Waals surface area contributed by atoms with Crippen LogP contribution in [0.15, 0.2) is 18.2 Å². The lowest BCUT2D eigenvalue weighted by molar-refractivity contribution is -0.140. The van der Waals surface area contributed by atoms with Gasteiger partial charge in [0, 0.05) is 25.3 Å². The number of hydrogen-bond donors (Lipinski definition) is 1. The summed E-state index contributed by atoms with van der Waals surface area (Å²) in [7, 11) is -3.18. The van der Waals surface area contributed by atoms with Crippen molar-refractivity contribution < 1.29 is 35.6 Å². The van der Waals surface area contributed by atoms with E-state index in [1.54, 1.807) is 0 Å². The maximum absolute atomic E-state index is 13.5. The Morgan fingerprint density at radius 2 is 1.73 bits per heavy atom. The number of rotatable bonds is 2. The van der Waals surface area contributed by atoms with Crippen LogP contribution < -0.4 is 5.32 Å². The largest absolute Gasteiger partial charge is 0.419 e. The molecule has 0 radical (unpaired) electrons. The molecule has 0 aliphatic carbocycles. The number of halogens is 4. The van der Waals surface area contributed by atoms with Crippen LogP contribution in [0.25, 0.3) is 0 Å². The molecule has 0 spiro atoms. The average molecular weight is 451 g/mol. The molecule has 1 atom stereocenters.